The van der Waals surface area contributed by atoms with Gasteiger partial charge in [0.1, 0.15) is 11.5 Å². The number of carbonyl (C=O) groups excluding carboxylic acids is 2. The van der Waals surface area contributed by atoms with E-state index in [-0.39, 0.29) is 17.5 Å². The molecule has 0 aliphatic heterocycles. The Morgan fingerprint density at radius 1 is 1.15 bits per heavy atom. The summed E-state index contributed by atoms with van der Waals surface area (Å²) in [5, 5.41) is 2.90. The Bertz CT molecular complexity index is 1180. The molecular formula is C24H24F4N4O2. The quantitative estimate of drug-likeness (QED) is 0.651. The van der Waals surface area contributed by atoms with Gasteiger partial charge in [0.05, 0.1) is 22.5 Å². The molecule has 34 heavy (non-hydrogen) atoms. The van der Waals surface area contributed by atoms with Gasteiger partial charge in [-0.05, 0) is 75.5 Å². The summed E-state index contributed by atoms with van der Waals surface area (Å²) in [5.41, 5.74) is 3.83. The lowest BCUT2D eigenvalue weighted by Crippen LogP contribution is -2.64. The molecule has 2 unspecified atom stereocenters. The first kappa shape index (κ1) is 22.7. The maximum absolute atomic E-state index is 14.4. The topological polar surface area (TPSA) is 98.0 Å². The second-order valence-corrected chi connectivity index (χ2v) is 10.2. The molecule has 2 amide bonds. The van der Waals surface area contributed by atoms with Crippen LogP contribution in [0.4, 0.5) is 17.6 Å². The molecule has 4 bridgehead atoms. The zero-order chi connectivity index (χ0) is 24.5. The van der Waals surface area contributed by atoms with Gasteiger partial charge in [0.2, 0.25) is 0 Å². The number of alkyl halides is 3. The third-order valence-electron chi connectivity index (χ3n) is 7.61. The molecule has 10 heteroatoms. The van der Waals surface area contributed by atoms with Gasteiger partial charge in [0.25, 0.3) is 11.8 Å². The number of carbonyl (C=O) groups is 2. The molecule has 6 nitrogen and oxygen atoms in total. The molecular weight excluding hydrogens is 452 g/mol. The van der Waals surface area contributed by atoms with Crippen LogP contribution in [0.3, 0.4) is 0 Å². The molecule has 0 saturated heterocycles. The van der Waals surface area contributed by atoms with E-state index in [0.29, 0.717) is 48.8 Å². The minimum absolute atomic E-state index is 0.118. The number of primary amides is 1. The van der Waals surface area contributed by atoms with Gasteiger partial charge in [0, 0.05) is 17.2 Å². The Kier molecular flexibility index (Phi) is 5.00. The van der Waals surface area contributed by atoms with E-state index in [1.165, 1.54) is 0 Å². The Morgan fingerprint density at radius 2 is 1.82 bits per heavy atom. The zero-order valence-electron chi connectivity index (χ0n) is 18.5. The second kappa shape index (κ2) is 7.48. The SMILES string of the molecule is Cc1cnc(C23CC4CC(CC(NC(=O)c5cc(C(F)(F)F)ccc5F)(C4)C2)C3)c(C(N)=O)n1. The van der Waals surface area contributed by atoms with Gasteiger partial charge in [-0.2, -0.15) is 13.2 Å². The van der Waals surface area contributed by atoms with E-state index in [0.717, 1.165) is 19.3 Å². The predicted octanol–water partition coefficient (Wildman–Crippen LogP) is 4.06. The Hall–Kier alpha value is -3.04. The van der Waals surface area contributed by atoms with Crippen molar-refractivity contribution in [2.24, 2.45) is 17.6 Å². The van der Waals surface area contributed by atoms with Gasteiger partial charge < -0.3 is 11.1 Å². The summed E-state index contributed by atoms with van der Waals surface area (Å²) in [6, 6.07) is 1.84. The molecule has 0 spiro atoms. The molecule has 4 fully saturated rings. The molecule has 1 heterocycles. The van der Waals surface area contributed by atoms with E-state index >= 15 is 0 Å². The molecule has 1 aromatic heterocycles. The molecule has 6 rings (SSSR count). The van der Waals surface area contributed by atoms with Crippen LogP contribution in [-0.4, -0.2) is 27.3 Å². The summed E-state index contributed by atoms with van der Waals surface area (Å²) in [7, 11) is 0. The van der Waals surface area contributed by atoms with Gasteiger partial charge in [-0.15, -0.1) is 0 Å². The number of aryl methyl sites for hydroxylation is 1. The molecule has 2 aromatic rings. The van der Waals surface area contributed by atoms with Crippen molar-refractivity contribution in [1.82, 2.24) is 15.3 Å². The van der Waals surface area contributed by atoms with Gasteiger partial charge in [-0.25, -0.2) is 9.37 Å². The van der Waals surface area contributed by atoms with Crippen molar-refractivity contribution < 1.29 is 27.2 Å². The molecule has 4 aliphatic rings. The Balaban J connectivity index is 1.50. The largest absolute Gasteiger partial charge is 0.416 e. The van der Waals surface area contributed by atoms with E-state index in [9.17, 15) is 27.2 Å². The monoisotopic (exact) mass is 476 g/mol. The summed E-state index contributed by atoms with van der Waals surface area (Å²) in [5.74, 6) is -2.09. The number of nitrogens with zero attached hydrogens (tertiary/aromatic N) is 2. The van der Waals surface area contributed by atoms with Crippen LogP contribution in [0.5, 0.6) is 0 Å². The van der Waals surface area contributed by atoms with Crippen molar-refractivity contribution >= 4 is 11.8 Å². The molecule has 3 N–H and O–H groups in total. The molecule has 0 radical (unpaired) electrons. The van der Waals surface area contributed by atoms with E-state index in [2.05, 4.69) is 15.3 Å². The van der Waals surface area contributed by atoms with Crippen LogP contribution in [0.1, 0.15) is 76.3 Å². The zero-order valence-corrected chi connectivity index (χ0v) is 18.5. The second-order valence-electron chi connectivity index (χ2n) is 10.2. The number of halogens is 4. The van der Waals surface area contributed by atoms with E-state index in [4.69, 9.17) is 5.73 Å². The van der Waals surface area contributed by atoms with Crippen molar-refractivity contribution in [2.75, 3.05) is 0 Å². The first-order chi connectivity index (χ1) is 15.9. The lowest BCUT2D eigenvalue weighted by atomic mass is 9.46. The average molecular weight is 476 g/mol. The fourth-order valence-corrected chi connectivity index (χ4v) is 6.91. The number of aromatic nitrogens is 2. The maximum atomic E-state index is 14.4. The van der Waals surface area contributed by atoms with Crippen LogP contribution in [0.15, 0.2) is 24.4 Å². The standard InChI is InChI=1S/C24H24F4N4O2/c1-12-10-30-19(18(31-12)20(29)33)22-6-13-4-14(7-22)9-23(8-13,11-22)32-21(34)16-5-15(24(26,27)28)2-3-17(16)25/h2-3,5,10,13-14H,4,6-9,11H2,1H3,(H2,29,33)(H,32,34). The summed E-state index contributed by atoms with van der Waals surface area (Å²) in [6.45, 7) is 1.72. The minimum Gasteiger partial charge on any atom is -0.364 e. The van der Waals surface area contributed by atoms with Crippen molar-refractivity contribution in [1.29, 1.82) is 0 Å². The summed E-state index contributed by atoms with van der Waals surface area (Å²) >= 11 is 0. The number of amides is 2. The van der Waals surface area contributed by atoms with Crippen molar-refractivity contribution in [3.8, 4) is 0 Å². The number of rotatable bonds is 4. The van der Waals surface area contributed by atoms with E-state index < -0.39 is 45.9 Å². The molecule has 1 aromatic carbocycles. The number of nitrogens with two attached hydrogens (primary N) is 1. The fourth-order valence-electron chi connectivity index (χ4n) is 6.91. The molecule has 4 aliphatic carbocycles. The predicted molar refractivity (Wildman–Crippen MR) is 113 cm³/mol. The summed E-state index contributed by atoms with van der Waals surface area (Å²) in [6.07, 6.45) is 1.10. The third-order valence-corrected chi connectivity index (χ3v) is 7.61. The number of hydrogen-bond donors (Lipinski definition) is 2. The van der Waals surface area contributed by atoms with Gasteiger partial charge in [-0.3, -0.25) is 14.6 Å². The Morgan fingerprint density at radius 3 is 2.44 bits per heavy atom. The van der Waals surface area contributed by atoms with E-state index in [1.807, 2.05) is 0 Å². The van der Waals surface area contributed by atoms with Crippen LogP contribution in [0.25, 0.3) is 0 Å². The van der Waals surface area contributed by atoms with Crippen LogP contribution >= 0.6 is 0 Å². The number of hydrogen-bond acceptors (Lipinski definition) is 4. The minimum atomic E-state index is -4.69. The average Bonchev–Trinajstić information content (AvgIpc) is 2.71. The summed E-state index contributed by atoms with van der Waals surface area (Å²) < 4.78 is 53.8. The first-order valence-corrected chi connectivity index (χ1v) is 11.2. The van der Waals surface area contributed by atoms with Gasteiger partial charge in [0.15, 0.2) is 0 Å². The van der Waals surface area contributed by atoms with Crippen LogP contribution in [0, 0.1) is 24.6 Å². The van der Waals surface area contributed by atoms with Crippen LogP contribution in [-0.2, 0) is 11.6 Å². The van der Waals surface area contributed by atoms with Crippen molar-refractivity contribution in [3.63, 3.8) is 0 Å². The smallest absolute Gasteiger partial charge is 0.364 e. The van der Waals surface area contributed by atoms with Crippen molar-refractivity contribution in [2.45, 2.75) is 62.6 Å². The number of nitrogens with one attached hydrogen (secondary N) is 1. The van der Waals surface area contributed by atoms with Crippen LogP contribution < -0.4 is 11.1 Å². The number of benzene rings is 1. The molecule has 2 atom stereocenters. The first-order valence-electron chi connectivity index (χ1n) is 11.2. The third kappa shape index (κ3) is 3.73. The highest BCUT2D eigenvalue weighted by molar-refractivity contribution is 5.95. The van der Waals surface area contributed by atoms with Crippen molar-refractivity contribution in [3.05, 3.63) is 58.4 Å². The van der Waals surface area contributed by atoms with Crippen LogP contribution in [0.2, 0.25) is 0 Å². The summed E-state index contributed by atoms with van der Waals surface area (Å²) in [4.78, 5) is 34.1. The molecule has 180 valence electrons. The lowest BCUT2D eigenvalue weighted by Gasteiger charge is -2.62. The maximum Gasteiger partial charge on any atom is 0.416 e. The fraction of sp³-hybridized carbons (Fsp3) is 0.500. The highest BCUT2D eigenvalue weighted by atomic mass is 19.4. The Labute approximate surface area is 193 Å². The highest BCUT2D eigenvalue weighted by Crippen LogP contribution is 2.62. The lowest BCUT2D eigenvalue weighted by molar-refractivity contribution is -0.137. The molecule has 4 saturated carbocycles. The highest BCUT2D eigenvalue weighted by Gasteiger charge is 2.60. The van der Waals surface area contributed by atoms with Gasteiger partial charge >= 0.3 is 6.18 Å². The normalized spacial score (nSPS) is 29.8. The van der Waals surface area contributed by atoms with Gasteiger partial charge in [-0.1, -0.05) is 0 Å². The van der Waals surface area contributed by atoms with E-state index in [1.54, 1.807) is 13.1 Å².